The minimum atomic E-state index is -0.843. The summed E-state index contributed by atoms with van der Waals surface area (Å²) in [5.74, 6) is -0.122. The van der Waals surface area contributed by atoms with Gasteiger partial charge in [-0.25, -0.2) is 4.79 Å². The van der Waals surface area contributed by atoms with Crippen LogP contribution < -0.4 is 5.32 Å². The standard InChI is InChI=1S/C17H31N3O4/c1-3-19(4-2)15(21)8-7-14-9-12-20(13-10-14)17(24)18-11-5-6-16(22)23/h14H,3-13H2,1-2H3,(H,18,24)(H,22,23). The van der Waals surface area contributed by atoms with Crippen LogP contribution in [0.5, 0.6) is 0 Å². The predicted molar refractivity (Wildman–Crippen MR) is 91.7 cm³/mol. The summed E-state index contributed by atoms with van der Waals surface area (Å²) in [7, 11) is 0. The fraction of sp³-hybridized carbons (Fsp3) is 0.824. The number of rotatable bonds is 9. The van der Waals surface area contributed by atoms with Gasteiger partial charge < -0.3 is 20.2 Å². The van der Waals surface area contributed by atoms with Crippen LogP contribution in [0.4, 0.5) is 4.79 Å². The lowest BCUT2D eigenvalue weighted by molar-refractivity contribution is -0.137. The Morgan fingerprint density at radius 3 is 2.29 bits per heavy atom. The summed E-state index contributed by atoms with van der Waals surface area (Å²) in [4.78, 5) is 38.1. The molecule has 1 aliphatic heterocycles. The molecule has 1 heterocycles. The lowest BCUT2D eigenvalue weighted by Crippen LogP contribution is -2.44. The van der Waals surface area contributed by atoms with Gasteiger partial charge in [-0.1, -0.05) is 0 Å². The molecule has 0 radical (unpaired) electrons. The zero-order valence-electron chi connectivity index (χ0n) is 14.9. The number of amides is 3. The van der Waals surface area contributed by atoms with Crippen LogP contribution in [-0.2, 0) is 9.59 Å². The van der Waals surface area contributed by atoms with Crippen molar-refractivity contribution in [2.45, 2.75) is 52.4 Å². The number of nitrogens with zero attached hydrogens (tertiary/aromatic N) is 2. The first-order valence-electron chi connectivity index (χ1n) is 9.00. The van der Waals surface area contributed by atoms with Crippen LogP contribution in [0.3, 0.4) is 0 Å². The highest BCUT2D eigenvalue weighted by Gasteiger charge is 2.23. The van der Waals surface area contributed by atoms with Gasteiger partial charge in [-0.15, -0.1) is 0 Å². The van der Waals surface area contributed by atoms with E-state index < -0.39 is 5.97 Å². The largest absolute Gasteiger partial charge is 0.481 e. The fourth-order valence-electron chi connectivity index (χ4n) is 3.03. The number of urea groups is 1. The molecule has 7 nitrogen and oxygen atoms in total. The molecule has 0 saturated carbocycles. The van der Waals surface area contributed by atoms with Gasteiger partial charge in [0.25, 0.3) is 0 Å². The molecule has 0 aromatic carbocycles. The van der Waals surface area contributed by atoms with Crippen molar-refractivity contribution in [2.24, 2.45) is 5.92 Å². The van der Waals surface area contributed by atoms with E-state index in [9.17, 15) is 14.4 Å². The molecular formula is C17H31N3O4. The number of carbonyl (C=O) groups is 3. The molecule has 0 atom stereocenters. The van der Waals surface area contributed by atoms with E-state index in [0.717, 1.165) is 32.4 Å². The van der Waals surface area contributed by atoms with Crippen LogP contribution >= 0.6 is 0 Å². The van der Waals surface area contributed by atoms with Crippen molar-refractivity contribution >= 4 is 17.9 Å². The highest BCUT2D eigenvalue weighted by atomic mass is 16.4. The molecule has 0 spiro atoms. The maximum atomic E-state index is 12.0. The second kappa shape index (κ2) is 10.9. The third-order valence-electron chi connectivity index (χ3n) is 4.63. The van der Waals surface area contributed by atoms with Gasteiger partial charge in [-0.2, -0.15) is 0 Å². The molecule has 0 aliphatic carbocycles. The van der Waals surface area contributed by atoms with Gasteiger partial charge in [-0.05, 0) is 45.4 Å². The van der Waals surface area contributed by atoms with E-state index in [4.69, 9.17) is 5.11 Å². The number of carboxylic acid groups (broad SMARTS) is 1. The topological polar surface area (TPSA) is 90.0 Å². The Bertz CT molecular complexity index is 416. The minimum absolute atomic E-state index is 0.0723. The van der Waals surface area contributed by atoms with Crippen molar-refractivity contribution in [3.8, 4) is 0 Å². The molecule has 7 heteroatoms. The Labute approximate surface area is 144 Å². The first-order chi connectivity index (χ1) is 11.5. The third-order valence-corrected chi connectivity index (χ3v) is 4.63. The Kier molecular flexibility index (Phi) is 9.19. The van der Waals surface area contributed by atoms with E-state index in [1.165, 1.54) is 0 Å². The van der Waals surface area contributed by atoms with Crippen LogP contribution in [0.2, 0.25) is 0 Å². The number of carboxylic acids is 1. The van der Waals surface area contributed by atoms with Crippen molar-refractivity contribution in [1.82, 2.24) is 15.1 Å². The predicted octanol–water partition coefficient (Wildman–Crippen LogP) is 1.92. The molecule has 0 bridgehead atoms. The van der Waals surface area contributed by atoms with Gasteiger partial charge in [0.2, 0.25) is 5.91 Å². The molecule has 3 amide bonds. The molecular weight excluding hydrogens is 310 g/mol. The van der Waals surface area contributed by atoms with Gasteiger partial charge in [0, 0.05) is 45.6 Å². The third kappa shape index (κ3) is 7.19. The second-order valence-electron chi connectivity index (χ2n) is 6.26. The molecule has 0 aromatic heterocycles. The Hall–Kier alpha value is -1.79. The van der Waals surface area contributed by atoms with E-state index in [2.05, 4.69) is 5.32 Å². The molecule has 138 valence electrons. The van der Waals surface area contributed by atoms with Crippen LogP contribution in [0.1, 0.15) is 52.4 Å². The van der Waals surface area contributed by atoms with E-state index >= 15 is 0 Å². The molecule has 0 unspecified atom stereocenters. The summed E-state index contributed by atoms with van der Waals surface area (Å²) >= 11 is 0. The van der Waals surface area contributed by atoms with Crippen molar-refractivity contribution < 1.29 is 19.5 Å². The van der Waals surface area contributed by atoms with Crippen molar-refractivity contribution in [2.75, 3.05) is 32.7 Å². The van der Waals surface area contributed by atoms with Gasteiger partial charge in [-0.3, -0.25) is 9.59 Å². The molecule has 1 rings (SSSR count). The van der Waals surface area contributed by atoms with E-state index in [1.807, 2.05) is 18.7 Å². The first-order valence-corrected chi connectivity index (χ1v) is 9.00. The smallest absolute Gasteiger partial charge is 0.317 e. The Balaban J connectivity index is 2.20. The number of likely N-dealkylation sites (tertiary alicyclic amines) is 1. The van der Waals surface area contributed by atoms with Crippen molar-refractivity contribution in [3.05, 3.63) is 0 Å². The lowest BCUT2D eigenvalue weighted by Gasteiger charge is -2.32. The van der Waals surface area contributed by atoms with Gasteiger partial charge in [0.05, 0.1) is 0 Å². The zero-order chi connectivity index (χ0) is 17.9. The number of carbonyl (C=O) groups excluding carboxylic acids is 2. The summed E-state index contributed by atoms with van der Waals surface area (Å²) in [5.41, 5.74) is 0. The van der Waals surface area contributed by atoms with Gasteiger partial charge in [0.15, 0.2) is 0 Å². The molecule has 0 aromatic rings. The lowest BCUT2D eigenvalue weighted by atomic mass is 9.92. The van der Waals surface area contributed by atoms with Gasteiger partial charge >= 0.3 is 12.0 Å². The normalized spacial score (nSPS) is 15.2. The minimum Gasteiger partial charge on any atom is -0.481 e. The maximum absolute atomic E-state index is 12.0. The summed E-state index contributed by atoms with van der Waals surface area (Å²) in [6.07, 6.45) is 3.85. The average molecular weight is 341 g/mol. The van der Waals surface area contributed by atoms with E-state index in [0.29, 0.717) is 38.4 Å². The summed E-state index contributed by atoms with van der Waals surface area (Å²) in [6.45, 7) is 7.31. The first kappa shape index (κ1) is 20.3. The van der Waals surface area contributed by atoms with Crippen LogP contribution in [-0.4, -0.2) is 65.5 Å². The molecule has 1 aliphatic rings. The highest BCUT2D eigenvalue weighted by molar-refractivity contribution is 5.76. The number of aliphatic carboxylic acids is 1. The van der Waals surface area contributed by atoms with Crippen LogP contribution in [0.25, 0.3) is 0 Å². The van der Waals surface area contributed by atoms with Crippen molar-refractivity contribution in [1.29, 1.82) is 0 Å². The summed E-state index contributed by atoms with van der Waals surface area (Å²) < 4.78 is 0. The molecule has 24 heavy (non-hydrogen) atoms. The molecule has 2 N–H and O–H groups in total. The SMILES string of the molecule is CCN(CC)C(=O)CCC1CCN(C(=O)NCCCC(=O)O)CC1. The zero-order valence-corrected chi connectivity index (χ0v) is 14.9. The highest BCUT2D eigenvalue weighted by Crippen LogP contribution is 2.22. The monoisotopic (exact) mass is 341 g/mol. The Morgan fingerprint density at radius 1 is 1.12 bits per heavy atom. The van der Waals surface area contributed by atoms with Gasteiger partial charge in [0.1, 0.15) is 0 Å². The number of piperidine rings is 1. The number of nitrogens with one attached hydrogen (secondary N) is 1. The quantitative estimate of drug-likeness (QED) is 0.627. The maximum Gasteiger partial charge on any atom is 0.317 e. The Morgan fingerprint density at radius 2 is 1.75 bits per heavy atom. The van der Waals surface area contributed by atoms with Crippen LogP contribution in [0, 0.1) is 5.92 Å². The van der Waals surface area contributed by atoms with Crippen LogP contribution in [0.15, 0.2) is 0 Å². The average Bonchev–Trinajstić information content (AvgIpc) is 2.58. The molecule has 1 fully saturated rings. The number of hydrogen-bond donors (Lipinski definition) is 2. The number of hydrogen-bond acceptors (Lipinski definition) is 3. The summed E-state index contributed by atoms with van der Waals surface area (Å²) in [5, 5.41) is 11.3. The molecule has 1 saturated heterocycles. The van der Waals surface area contributed by atoms with Crippen molar-refractivity contribution in [3.63, 3.8) is 0 Å². The second-order valence-corrected chi connectivity index (χ2v) is 6.26. The van der Waals surface area contributed by atoms with E-state index in [1.54, 1.807) is 4.90 Å². The van der Waals surface area contributed by atoms with E-state index in [-0.39, 0.29) is 18.4 Å². The fourth-order valence-corrected chi connectivity index (χ4v) is 3.03. The summed E-state index contributed by atoms with van der Waals surface area (Å²) in [6, 6.07) is -0.113.